The lowest BCUT2D eigenvalue weighted by molar-refractivity contribution is 0.0124. The van der Waals surface area contributed by atoms with Crippen LogP contribution in [0.3, 0.4) is 0 Å². The Hall–Kier alpha value is -1.46. The van der Waals surface area contributed by atoms with E-state index in [9.17, 15) is 5.11 Å². The molecular formula is C16H23N3OS. The largest absolute Gasteiger partial charge is 0.361 e. The molecule has 0 radical (unpaired) electrons. The van der Waals surface area contributed by atoms with Gasteiger partial charge in [-0.25, -0.2) is 0 Å². The van der Waals surface area contributed by atoms with Gasteiger partial charge in [0.1, 0.15) is 0 Å². The van der Waals surface area contributed by atoms with E-state index in [1.165, 1.54) is 0 Å². The highest BCUT2D eigenvalue weighted by molar-refractivity contribution is 7.80. The molecule has 21 heavy (non-hydrogen) atoms. The molecule has 5 heteroatoms. The zero-order valence-corrected chi connectivity index (χ0v) is 14.1. The highest BCUT2D eigenvalue weighted by Crippen LogP contribution is 2.36. The fraction of sp³-hybridized carbons (Fsp3) is 0.500. The molecule has 0 spiro atoms. The van der Waals surface area contributed by atoms with Gasteiger partial charge in [0.2, 0.25) is 5.72 Å². The zero-order chi connectivity index (χ0) is 15.8. The van der Waals surface area contributed by atoms with Gasteiger partial charge in [0.25, 0.3) is 0 Å². The molecule has 1 aliphatic rings. The van der Waals surface area contributed by atoms with Crippen LogP contribution in [0.1, 0.15) is 33.3 Å². The number of hydrogen-bond acceptors (Lipinski definition) is 3. The molecule has 4 nitrogen and oxygen atoms in total. The highest BCUT2D eigenvalue weighted by atomic mass is 32.1. The number of benzene rings is 1. The molecule has 1 aromatic carbocycles. The van der Waals surface area contributed by atoms with E-state index >= 15 is 0 Å². The third-order valence-electron chi connectivity index (χ3n) is 3.59. The first-order valence-corrected chi connectivity index (χ1v) is 7.64. The number of amidine groups is 1. The molecule has 1 N–H and O–H groups in total. The maximum Gasteiger partial charge on any atom is 0.226 e. The number of nitrogens with zero attached hydrogens (tertiary/aromatic N) is 3. The van der Waals surface area contributed by atoms with Gasteiger partial charge in [-0.15, -0.1) is 0 Å². The maximum absolute atomic E-state index is 11.4. The lowest BCUT2D eigenvalue weighted by Crippen LogP contribution is -2.45. The smallest absolute Gasteiger partial charge is 0.226 e. The fourth-order valence-corrected chi connectivity index (χ4v) is 2.99. The van der Waals surface area contributed by atoms with Crippen LogP contribution in [0.15, 0.2) is 35.3 Å². The van der Waals surface area contributed by atoms with Gasteiger partial charge >= 0.3 is 0 Å². The summed E-state index contributed by atoms with van der Waals surface area (Å²) in [7, 11) is 1.81. The lowest BCUT2D eigenvalue weighted by Gasteiger charge is -2.31. The van der Waals surface area contributed by atoms with Gasteiger partial charge in [-0.1, -0.05) is 30.3 Å². The van der Waals surface area contributed by atoms with E-state index < -0.39 is 5.72 Å². The number of hydrogen-bond donors (Lipinski definition) is 1. The van der Waals surface area contributed by atoms with Crippen LogP contribution in [0.4, 0.5) is 0 Å². The number of rotatable bonds is 3. The SMILES string of the molecule is CC(C)N=C1N(C(C)C)C(=S)N(C)C1(O)c1ccccc1. The minimum Gasteiger partial charge on any atom is -0.361 e. The van der Waals surface area contributed by atoms with Gasteiger partial charge in [0, 0.05) is 24.7 Å². The van der Waals surface area contributed by atoms with Crippen molar-refractivity contribution in [2.45, 2.75) is 45.5 Å². The predicted molar refractivity (Wildman–Crippen MR) is 90.2 cm³/mol. The standard InChI is InChI=1S/C16H23N3OS/c1-11(2)17-14-16(20,13-9-7-6-8-10-13)18(5)15(21)19(14)12(3)4/h6-12,20H,1-5H3. The molecule has 0 aromatic heterocycles. The molecule has 1 aliphatic heterocycles. The van der Waals surface area contributed by atoms with E-state index in [4.69, 9.17) is 12.2 Å². The Morgan fingerprint density at radius 2 is 1.71 bits per heavy atom. The Morgan fingerprint density at radius 1 is 1.14 bits per heavy atom. The van der Waals surface area contributed by atoms with Gasteiger partial charge in [0.15, 0.2) is 10.9 Å². The van der Waals surface area contributed by atoms with E-state index in [0.29, 0.717) is 10.9 Å². The maximum atomic E-state index is 11.4. The average Bonchev–Trinajstić information content (AvgIpc) is 2.62. The summed E-state index contributed by atoms with van der Waals surface area (Å²) in [6, 6.07) is 9.77. The molecular weight excluding hydrogens is 282 g/mol. The van der Waals surface area contributed by atoms with Gasteiger partial charge in [-0.05, 0) is 39.9 Å². The van der Waals surface area contributed by atoms with E-state index in [1.54, 1.807) is 4.90 Å². The van der Waals surface area contributed by atoms with Crippen LogP contribution in [0.25, 0.3) is 0 Å². The van der Waals surface area contributed by atoms with Crippen LogP contribution in [0, 0.1) is 0 Å². The molecule has 0 amide bonds. The van der Waals surface area contributed by atoms with Crippen molar-refractivity contribution < 1.29 is 5.11 Å². The zero-order valence-electron chi connectivity index (χ0n) is 13.2. The van der Waals surface area contributed by atoms with Crippen LogP contribution in [-0.2, 0) is 5.72 Å². The Balaban J connectivity index is 2.64. The average molecular weight is 305 g/mol. The topological polar surface area (TPSA) is 39.1 Å². The monoisotopic (exact) mass is 305 g/mol. The summed E-state index contributed by atoms with van der Waals surface area (Å²) in [5.41, 5.74) is -0.537. The van der Waals surface area contributed by atoms with Crippen molar-refractivity contribution in [1.29, 1.82) is 0 Å². The Kier molecular flexibility index (Phi) is 4.35. The van der Waals surface area contributed by atoms with E-state index in [1.807, 2.05) is 70.0 Å². The second-order valence-electron chi connectivity index (χ2n) is 5.89. The molecule has 0 saturated carbocycles. The molecule has 1 atom stereocenters. The summed E-state index contributed by atoms with van der Waals surface area (Å²) in [6.07, 6.45) is 0. The third kappa shape index (κ3) is 2.56. The number of likely N-dealkylation sites (N-methyl/N-ethyl adjacent to an activating group) is 1. The summed E-state index contributed by atoms with van der Waals surface area (Å²) in [6.45, 7) is 8.09. The molecule has 1 fully saturated rings. The molecule has 1 unspecified atom stereocenters. The van der Waals surface area contributed by atoms with Crippen molar-refractivity contribution in [2.24, 2.45) is 4.99 Å². The van der Waals surface area contributed by atoms with E-state index in [0.717, 1.165) is 5.56 Å². The van der Waals surface area contributed by atoms with Crippen LogP contribution in [-0.4, -0.2) is 45.0 Å². The summed E-state index contributed by atoms with van der Waals surface area (Å²) in [4.78, 5) is 8.33. The second-order valence-corrected chi connectivity index (χ2v) is 6.26. The minimum atomic E-state index is -1.31. The van der Waals surface area contributed by atoms with Crippen LogP contribution >= 0.6 is 12.2 Å². The Bertz CT molecular complexity index is 556. The molecule has 2 rings (SSSR count). The van der Waals surface area contributed by atoms with Crippen molar-refractivity contribution in [3.63, 3.8) is 0 Å². The quantitative estimate of drug-likeness (QED) is 0.871. The summed E-state index contributed by atoms with van der Waals surface area (Å²) in [5, 5.41) is 12.0. The second kappa shape index (κ2) is 5.73. The van der Waals surface area contributed by atoms with Crippen molar-refractivity contribution in [3.8, 4) is 0 Å². The van der Waals surface area contributed by atoms with Crippen molar-refractivity contribution >= 4 is 23.2 Å². The van der Waals surface area contributed by atoms with Gasteiger partial charge in [-0.3, -0.25) is 4.99 Å². The molecule has 1 saturated heterocycles. The Labute approximate surface area is 132 Å². The van der Waals surface area contributed by atoms with Crippen LogP contribution in [0.2, 0.25) is 0 Å². The molecule has 1 aromatic rings. The fourth-order valence-electron chi connectivity index (χ4n) is 2.56. The van der Waals surface area contributed by atoms with Gasteiger partial charge in [-0.2, -0.15) is 0 Å². The molecule has 0 aliphatic carbocycles. The highest BCUT2D eigenvalue weighted by Gasteiger charge is 2.52. The Morgan fingerprint density at radius 3 is 2.19 bits per heavy atom. The summed E-state index contributed by atoms with van der Waals surface area (Å²) in [5.74, 6) is 0.603. The number of thiocarbonyl (C=S) groups is 1. The van der Waals surface area contributed by atoms with Crippen molar-refractivity contribution in [3.05, 3.63) is 35.9 Å². The van der Waals surface area contributed by atoms with Crippen molar-refractivity contribution in [1.82, 2.24) is 9.80 Å². The lowest BCUT2D eigenvalue weighted by atomic mass is 10.0. The van der Waals surface area contributed by atoms with Crippen molar-refractivity contribution in [2.75, 3.05) is 7.05 Å². The summed E-state index contributed by atoms with van der Waals surface area (Å²) >= 11 is 5.53. The number of aliphatic hydroxyl groups is 1. The minimum absolute atomic E-state index is 0.0748. The first-order chi connectivity index (χ1) is 9.80. The van der Waals surface area contributed by atoms with Crippen LogP contribution < -0.4 is 0 Å². The van der Waals surface area contributed by atoms with E-state index in [2.05, 4.69) is 4.99 Å². The van der Waals surface area contributed by atoms with Gasteiger partial charge < -0.3 is 14.9 Å². The summed E-state index contributed by atoms with van der Waals surface area (Å²) < 4.78 is 0. The molecule has 114 valence electrons. The van der Waals surface area contributed by atoms with E-state index in [-0.39, 0.29) is 12.1 Å². The first-order valence-electron chi connectivity index (χ1n) is 7.23. The predicted octanol–water partition coefficient (Wildman–Crippen LogP) is 2.58. The molecule has 0 bridgehead atoms. The first kappa shape index (κ1) is 15.9. The van der Waals surface area contributed by atoms with Gasteiger partial charge in [0.05, 0.1) is 0 Å². The number of aliphatic imine (C=N–C) groups is 1. The van der Waals surface area contributed by atoms with Crippen LogP contribution in [0.5, 0.6) is 0 Å². The molecule has 1 heterocycles. The third-order valence-corrected chi connectivity index (χ3v) is 4.06. The normalized spacial score (nSPS) is 24.8.